The van der Waals surface area contributed by atoms with Gasteiger partial charge in [-0.05, 0) is 25.1 Å². The molecule has 1 heterocycles. The van der Waals surface area contributed by atoms with Crippen LogP contribution in [0.15, 0.2) is 41.0 Å². The molecule has 0 atom stereocenters. The predicted octanol–water partition coefficient (Wildman–Crippen LogP) is 1.80. The Labute approximate surface area is 108 Å². The van der Waals surface area contributed by atoms with Gasteiger partial charge >= 0.3 is 5.91 Å². The van der Waals surface area contributed by atoms with Gasteiger partial charge in [-0.15, -0.1) is 0 Å². The number of hydrogen-bond acceptors (Lipinski definition) is 3. The molecule has 1 aromatic carbocycles. The van der Waals surface area contributed by atoms with Crippen LogP contribution in [-0.4, -0.2) is 11.8 Å². The summed E-state index contributed by atoms with van der Waals surface area (Å²) < 4.78 is 18.3. The van der Waals surface area contributed by atoms with E-state index in [1.807, 2.05) is 0 Å². The van der Waals surface area contributed by atoms with E-state index in [2.05, 4.69) is 10.9 Å². The fourth-order valence-corrected chi connectivity index (χ4v) is 1.49. The molecule has 0 fully saturated rings. The molecular weight excluding hydrogens is 251 g/mol. The number of rotatable bonds is 2. The molecule has 98 valence electrons. The third kappa shape index (κ3) is 2.79. The topological polar surface area (TPSA) is 71.3 Å². The minimum Gasteiger partial charge on any atom is -0.459 e. The lowest BCUT2D eigenvalue weighted by molar-refractivity contribution is 0.0828. The van der Waals surface area contributed by atoms with Crippen LogP contribution in [0.25, 0.3) is 0 Å². The van der Waals surface area contributed by atoms with Gasteiger partial charge in [-0.2, -0.15) is 0 Å². The van der Waals surface area contributed by atoms with Crippen molar-refractivity contribution >= 4 is 11.8 Å². The molecule has 0 saturated heterocycles. The number of nitrogens with one attached hydrogen (secondary N) is 2. The van der Waals surface area contributed by atoms with E-state index >= 15 is 0 Å². The van der Waals surface area contributed by atoms with Gasteiger partial charge in [-0.25, -0.2) is 4.39 Å². The van der Waals surface area contributed by atoms with E-state index in [1.165, 1.54) is 24.5 Å². The fraction of sp³-hybridized carbons (Fsp3) is 0.0769. The maximum absolute atomic E-state index is 13.3. The first-order valence-electron chi connectivity index (χ1n) is 5.49. The normalized spacial score (nSPS) is 10.0. The van der Waals surface area contributed by atoms with Crippen molar-refractivity contribution < 1.29 is 18.4 Å². The summed E-state index contributed by atoms with van der Waals surface area (Å²) in [7, 11) is 0. The lowest BCUT2D eigenvalue weighted by Gasteiger charge is -2.06. The largest absolute Gasteiger partial charge is 0.459 e. The molecule has 2 aromatic rings. The highest BCUT2D eigenvalue weighted by molar-refractivity contribution is 5.98. The van der Waals surface area contributed by atoms with Crippen LogP contribution in [0.5, 0.6) is 0 Å². The van der Waals surface area contributed by atoms with Crippen LogP contribution in [-0.2, 0) is 0 Å². The van der Waals surface area contributed by atoms with Gasteiger partial charge in [0.1, 0.15) is 5.82 Å². The number of benzene rings is 1. The molecule has 1 aromatic heterocycles. The molecule has 6 heteroatoms. The number of aryl methyl sites for hydroxylation is 1. The van der Waals surface area contributed by atoms with Crippen LogP contribution >= 0.6 is 0 Å². The second-order valence-corrected chi connectivity index (χ2v) is 3.82. The second-order valence-electron chi connectivity index (χ2n) is 3.82. The lowest BCUT2D eigenvalue weighted by atomic mass is 10.2. The maximum Gasteiger partial charge on any atom is 0.305 e. The lowest BCUT2D eigenvalue weighted by Crippen LogP contribution is -2.42. The van der Waals surface area contributed by atoms with E-state index in [4.69, 9.17) is 4.42 Å². The smallest absolute Gasteiger partial charge is 0.305 e. The summed E-state index contributed by atoms with van der Waals surface area (Å²) in [5.74, 6) is -1.92. The molecule has 0 saturated carbocycles. The average Bonchev–Trinajstić information content (AvgIpc) is 2.82. The number of carbonyl (C=O) groups excluding carboxylic acids is 2. The molecule has 2 N–H and O–H groups in total. The van der Waals surface area contributed by atoms with Gasteiger partial charge in [0, 0.05) is 5.56 Å². The van der Waals surface area contributed by atoms with Crippen LogP contribution in [0.1, 0.15) is 26.5 Å². The Morgan fingerprint density at radius 1 is 1.11 bits per heavy atom. The van der Waals surface area contributed by atoms with Crippen molar-refractivity contribution in [2.75, 3.05) is 0 Å². The summed E-state index contributed by atoms with van der Waals surface area (Å²) in [4.78, 5) is 23.3. The molecule has 0 aliphatic rings. The molecule has 2 amide bonds. The third-order valence-corrected chi connectivity index (χ3v) is 2.48. The standard InChI is InChI=1S/C13H11FN2O3/c1-8-6-7-19-11(8)13(18)16-15-12(17)9-4-2-3-5-10(9)14/h2-7H,1H3,(H,15,17)(H,16,18). The first kappa shape index (κ1) is 12.8. The van der Waals surface area contributed by atoms with E-state index in [0.29, 0.717) is 5.56 Å². The SMILES string of the molecule is Cc1ccoc1C(=O)NNC(=O)c1ccccc1F. The molecule has 0 aliphatic carbocycles. The summed E-state index contributed by atoms with van der Waals surface area (Å²) in [6.45, 7) is 1.69. The first-order valence-corrected chi connectivity index (χ1v) is 5.49. The van der Waals surface area contributed by atoms with E-state index in [1.54, 1.807) is 13.0 Å². The minimum absolute atomic E-state index is 0.0915. The predicted molar refractivity (Wildman–Crippen MR) is 64.8 cm³/mol. The van der Waals surface area contributed by atoms with Crippen LogP contribution in [0.3, 0.4) is 0 Å². The van der Waals surface area contributed by atoms with Gasteiger partial charge in [-0.1, -0.05) is 12.1 Å². The zero-order valence-corrected chi connectivity index (χ0v) is 10.1. The van der Waals surface area contributed by atoms with Crippen molar-refractivity contribution in [3.8, 4) is 0 Å². The molecule has 2 rings (SSSR count). The summed E-state index contributed by atoms with van der Waals surface area (Å²) in [6, 6.07) is 7.09. The second kappa shape index (κ2) is 5.34. The summed E-state index contributed by atoms with van der Waals surface area (Å²) in [5.41, 5.74) is 4.75. The Balaban J connectivity index is 2.00. The molecule has 0 aliphatic heterocycles. The van der Waals surface area contributed by atoms with Crippen molar-refractivity contribution in [1.82, 2.24) is 10.9 Å². The summed E-state index contributed by atoms with van der Waals surface area (Å²) in [6.07, 6.45) is 1.36. The van der Waals surface area contributed by atoms with Gasteiger partial charge in [0.05, 0.1) is 11.8 Å². The summed E-state index contributed by atoms with van der Waals surface area (Å²) in [5, 5.41) is 0. The van der Waals surface area contributed by atoms with Crippen molar-refractivity contribution in [2.24, 2.45) is 0 Å². The molecule has 5 nitrogen and oxygen atoms in total. The van der Waals surface area contributed by atoms with Crippen molar-refractivity contribution in [3.05, 3.63) is 59.3 Å². The van der Waals surface area contributed by atoms with Gasteiger partial charge < -0.3 is 4.42 Å². The molecule has 0 bridgehead atoms. The van der Waals surface area contributed by atoms with E-state index in [-0.39, 0.29) is 11.3 Å². The third-order valence-electron chi connectivity index (χ3n) is 2.48. The van der Waals surface area contributed by atoms with E-state index in [9.17, 15) is 14.0 Å². The molecular formula is C13H11FN2O3. The average molecular weight is 262 g/mol. The van der Waals surface area contributed by atoms with Gasteiger partial charge in [0.25, 0.3) is 5.91 Å². The van der Waals surface area contributed by atoms with Gasteiger partial charge in [0.2, 0.25) is 0 Å². The van der Waals surface area contributed by atoms with Crippen LogP contribution in [0, 0.1) is 12.7 Å². The van der Waals surface area contributed by atoms with E-state index < -0.39 is 17.6 Å². The van der Waals surface area contributed by atoms with Crippen LogP contribution in [0.4, 0.5) is 4.39 Å². The monoisotopic (exact) mass is 262 g/mol. The van der Waals surface area contributed by atoms with Gasteiger partial charge in [0.15, 0.2) is 5.76 Å². The Morgan fingerprint density at radius 2 is 1.79 bits per heavy atom. The molecule has 0 radical (unpaired) electrons. The Morgan fingerprint density at radius 3 is 2.42 bits per heavy atom. The number of furan rings is 1. The Bertz CT molecular complexity index is 622. The zero-order valence-electron chi connectivity index (χ0n) is 10.1. The Kier molecular flexibility index (Phi) is 3.61. The minimum atomic E-state index is -0.740. The maximum atomic E-state index is 13.3. The van der Waals surface area contributed by atoms with E-state index in [0.717, 1.165) is 6.07 Å². The zero-order chi connectivity index (χ0) is 13.8. The molecule has 0 spiro atoms. The first-order chi connectivity index (χ1) is 9.09. The number of carbonyl (C=O) groups is 2. The molecule has 19 heavy (non-hydrogen) atoms. The number of halogens is 1. The number of hydrogen-bond donors (Lipinski definition) is 2. The highest BCUT2D eigenvalue weighted by Gasteiger charge is 2.15. The summed E-state index contributed by atoms with van der Waals surface area (Å²) >= 11 is 0. The van der Waals surface area contributed by atoms with Gasteiger partial charge in [-0.3, -0.25) is 20.4 Å². The highest BCUT2D eigenvalue weighted by Crippen LogP contribution is 2.08. The van der Waals surface area contributed by atoms with Crippen LogP contribution < -0.4 is 10.9 Å². The van der Waals surface area contributed by atoms with Crippen LogP contribution in [0.2, 0.25) is 0 Å². The quantitative estimate of drug-likeness (QED) is 0.811. The van der Waals surface area contributed by atoms with Crippen molar-refractivity contribution in [2.45, 2.75) is 6.92 Å². The van der Waals surface area contributed by atoms with Crippen molar-refractivity contribution in [1.29, 1.82) is 0 Å². The number of hydrazine groups is 1. The van der Waals surface area contributed by atoms with Crippen molar-refractivity contribution in [3.63, 3.8) is 0 Å². The highest BCUT2D eigenvalue weighted by atomic mass is 19.1. The fourth-order valence-electron chi connectivity index (χ4n) is 1.49. The Hall–Kier alpha value is -2.63. The number of amides is 2. The molecule has 0 unspecified atom stereocenters.